The minimum absolute atomic E-state index is 0.138. The van der Waals surface area contributed by atoms with Crippen LogP contribution in [-0.4, -0.2) is 37.2 Å². The third-order valence-corrected chi connectivity index (χ3v) is 8.76. The number of hydrogen-bond donors (Lipinski definition) is 0. The Kier molecular flexibility index (Phi) is 41.7. The number of hydrogen-bond acceptors (Lipinski definition) is 6. The van der Waals surface area contributed by atoms with Gasteiger partial charge in [0.05, 0.1) is 0 Å². The molecule has 0 amide bonds. The lowest BCUT2D eigenvalue weighted by Gasteiger charge is -2.18. The largest absolute Gasteiger partial charge is 0.462 e. The predicted octanol–water partition coefficient (Wildman–Crippen LogP) is 14.4. The number of allylic oxidation sites excluding steroid dienone is 18. The van der Waals surface area contributed by atoms with E-state index in [1.165, 1.54) is 38.5 Å². The first kappa shape index (κ1) is 53.1. The van der Waals surface area contributed by atoms with Crippen molar-refractivity contribution >= 4 is 17.9 Å². The van der Waals surface area contributed by atoms with E-state index in [0.29, 0.717) is 19.3 Å². The van der Waals surface area contributed by atoms with Gasteiger partial charge in [-0.25, -0.2) is 0 Å². The van der Waals surface area contributed by atoms with Crippen LogP contribution in [0.25, 0.3) is 0 Å². The van der Waals surface area contributed by atoms with Crippen LogP contribution in [0.4, 0.5) is 0 Å². The fraction of sp³-hybridized carbons (Fsp3) is 0.588. The summed E-state index contributed by atoms with van der Waals surface area (Å²) in [5.41, 5.74) is 0. The van der Waals surface area contributed by atoms with Crippen LogP contribution < -0.4 is 0 Å². The quantitative estimate of drug-likeness (QED) is 0.0268. The Bertz CT molecular complexity index is 1230. The number of unbranched alkanes of at least 4 members (excludes halogenated alkanes) is 9. The van der Waals surface area contributed by atoms with Crippen molar-refractivity contribution in [2.75, 3.05) is 13.2 Å². The van der Waals surface area contributed by atoms with Gasteiger partial charge in [0.2, 0.25) is 0 Å². The summed E-state index contributed by atoms with van der Waals surface area (Å²) in [5.74, 6) is -1.11. The van der Waals surface area contributed by atoms with Gasteiger partial charge < -0.3 is 14.2 Å². The molecule has 6 heteroatoms. The van der Waals surface area contributed by atoms with Gasteiger partial charge in [-0.3, -0.25) is 14.4 Å². The van der Waals surface area contributed by atoms with Crippen LogP contribution in [0.3, 0.4) is 0 Å². The van der Waals surface area contributed by atoms with Gasteiger partial charge in [0.15, 0.2) is 6.10 Å². The normalized spacial score (nSPS) is 13.1. The lowest BCUT2D eigenvalue weighted by Crippen LogP contribution is -2.30. The minimum atomic E-state index is -0.843. The highest BCUT2D eigenvalue weighted by Crippen LogP contribution is 2.09. The topological polar surface area (TPSA) is 78.9 Å². The zero-order chi connectivity index (χ0) is 41.5. The van der Waals surface area contributed by atoms with E-state index in [0.717, 1.165) is 77.0 Å². The van der Waals surface area contributed by atoms with Crippen LogP contribution in [0.5, 0.6) is 0 Å². The third kappa shape index (κ3) is 43.0. The molecule has 0 bridgehead atoms. The van der Waals surface area contributed by atoms with E-state index in [-0.39, 0.29) is 44.4 Å². The molecule has 0 radical (unpaired) electrons. The van der Waals surface area contributed by atoms with E-state index < -0.39 is 12.1 Å². The van der Waals surface area contributed by atoms with Gasteiger partial charge in [-0.1, -0.05) is 162 Å². The van der Waals surface area contributed by atoms with Crippen molar-refractivity contribution in [3.63, 3.8) is 0 Å². The highest BCUT2D eigenvalue weighted by Gasteiger charge is 2.19. The molecule has 0 aliphatic carbocycles. The molecule has 6 nitrogen and oxygen atoms in total. The van der Waals surface area contributed by atoms with Crippen LogP contribution in [0.2, 0.25) is 0 Å². The van der Waals surface area contributed by atoms with Crippen molar-refractivity contribution in [3.05, 3.63) is 109 Å². The summed E-state index contributed by atoms with van der Waals surface area (Å²) in [6.07, 6.45) is 59.6. The molecule has 0 aromatic rings. The second kappa shape index (κ2) is 44.8. The Labute approximate surface area is 349 Å². The lowest BCUT2D eigenvalue weighted by molar-refractivity contribution is -0.166. The molecule has 0 N–H and O–H groups in total. The maximum Gasteiger partial charge on any atom is 0.306 e. The molecule has 1 unspecified atom stereocenters. The smallest absolute Gasteiger partial charge is 0.306 e. The summed E-state index contributed by atoms with van der Waals surface area (Å²) < 4.78 is 16.5. The number of ether oxygens (including phenoxy) is 3. The van der Waals surface area contributed by atoms with Crippen LogP contribution in [-0.2, 0) is 28.6 Å². The molecular weight excluding hydrogens is 709 g/mol. The average molecular weight is 789 g/mol. The van der Waals surface area contributed by atoms with Gasteiger partial charge in [0.1, 0.15) is 13.2 Å². The molecular formula is C51H80O6. The van der Waals surface area contributed by atoms with E-state index in [4.69, 9.17) is 14.2 Å². The molecule has 0 fully saturated rings. The summed E-state index contributed by atoms with van der Waals surface area (Å²) in [7, 11) is 0. The monoisotopic (exact) mass is 789 g/mol. The summed E-state index contributed by atoms with van der Waals surface area (Å²) >= 11 is 0. The molecule has 0 heterocycles. The molecule has 0 aliphatic heterocycles. The van der Waals surface area contributed by atoms with Crippen molar-refractivity contribution in [1.82, 2.24) is 0 Å². The Hall–Kier alpha value is -3.93. The molecule has 1 atom stereocenters. The van der Waals surface area contributed by atoms with Crippen LogP contribution in [0.1, 0.15) is 175 Å². The van der Waals surface area contributed by atoms with Crippen molar-refractivity contribution in [3.8, 4) is 0 Å². The molecule has 320 valence electrons. The number of esters is 3. The number of carbonyl (C=O) groups excluding carboxylic acids is 3. The van der Waals surface area contributed by atoms with Gasteiger partial charge in [0, 0.05) is 19.3 Å². The predicted molar refractivity (Wildman–Crippen MR) is 242 cm³/mol. The second-order valence-corrected chi connectivity index (χ2v) is 14.2. The first-order valence-electron chi connectivity index (χ1n) is 22.4. The zero-order valence-corrected chi connectivity index (χ0v) is 36.3. The third-order valence-electron chi connectivity index (χ3n) is 8.76. The standard InChI is InChI=1S/C51H80O6/c1-4-7-10-13-16-19-21-23-24-25-26-28-29-32-35-38-41-44-50(53)56-47-48(46-55-49(52)43-40-37-34-31-18-15-12-9-6-3)57-51(54)45-42-39-36-33-30-27-22-20-17-14-11-8-5-2/h7,9-10,12,16,18-19,23-24,26-28,30-32,35-36,39,48H,4-6,8,11,13-15,17,20-22,25,29,33-34,37-38,40-47H2,1-3H3/b10-7-,12-9-,19-16-,24-23-,28-26-,30-27-,31-18-,35-32-,39-36-. The molecule has 0 aromatic heterocycles. The summed E-state index contributed by atoms with van der Waals surface area (Å²) in [6, 6.07) is 0. The summed E-state index contributed by atoms with van der Waals surface area (Å²) in [4.78, 5) is 37.6. The molecule has 0 saturated carbocycles. The Morgan fingerprint density at radius 3 is 1.21 bits per heavy atom. The van der Waals surface area contributed by atoms with E-state index in [1.807, 2.05) is 6.08 Å². The molecule has 0 aromatic carbocycles. The molecule has 57 heavy (non-hydrogen) atoms. The summed E-state index contributed by atoms with van der Waals surface area (Å²) in [5, 5.41) is 0. The van der Waals surface area contributed by atoms with E-state index in [2.05, 4.69) is 124 Å². The minimum Gasteiger partial charge on any atom is -0.462 e. The molecule has 0 aliphatic rings. The van der Waals surface area contributed by atoms with Crippen LogP contribution >= 0.6 is 0 Å². The molecule has 0 saturated heterocycles. The number of rotatable bonds is 38. The summed E-state index contributed by atoms with van der Waals surface area (Å²) in [6.45, 7) is 6.22. The fourth-order valence-electron chi connectivity index (χ4n) is 5.45. The van der Waals surface area contributed by atoms with Crippen molar-refractivity contribution in [2.45, 2.75) is 181 Å². The van der Waals surface area contributed by atoms with Gasteiger partial charge in [-0.05, 0) is 103 Å². The Balaban J connectivity index is 4.57. The van der Waals surface area contributed by atoms with Crippen molar-refractivity contribution < 1.29 is 28.6 Å². The molecule has 0 rings (SSSR count). The van der Waals surface area contributed by atoms with Crippen molar-refractivity contribution in [2.24, 2.45) is 0 Å². The highest BCUT2D eigenvalue weighted by molar-refractivity contribution is 5.71. The SMILES string of the molecule is CC/C=C\C/C=C\C/C=C\C/C=C\C/C=C\CCCC(=O)OCC(COC(=O)CCCC/C=C\C/C=C\CC)OC(=O)CC/C=C\C/C=C\CCCCCCCC. The number of carbonyl (C=O) groups is 3. The maximum atomic E-state index is 12.7. The Morgan fingerprint density at radius 1 is 0.368 bits per heavy atom. The lowest BCUT2D eigenvalue weighted by atomic mass is 10.1. The van der Waals surface area contributed by atoms with Gasteiger partial charge >= 0.3 is 17.9 Å². The highest BCUT2D eigenvalue weighted by atomic mass is 16.6. The van der Waals surface area contributed by atoms with Gasteiger partial charge in [0.25, 0.3) is 0 Å². The second-order valence-electron chi connectivity index (χ2n) is 14.2. The average Bonchev–Trinajstić information content (AvgIpc) is 3.21. The van der Waals surface area contributed by atoms with Crippen LogP contribution in [0.15, 0.2) is 109 Å². The van der Waals surface area contributed by atoms with E-state index in [1.54, 1.807) is 0 Å². The van der Waals surface area contributed by atoms with Gasteiger partial charge in [-0.2, -0.15) is 0 Å². The van der Waals surface area contributed by atoms with Gasteiger partial charge in [-0.15, -0.1) is 0 Å². The maximum absolute atomic E-state index is 12.7. The van der Waals surface area contributed by atoms with Crippen molar-refractivity contribution in [1.29, 1.82) is 0 Å². The Morgan fingerprint density at radius 2 is 0.737 bits per heavy atom. The molecule has 0 spiro atoms. The first-order valence-corrected chi connectivity index (χ1v) is 22.4. The van der Waals surface area contributed by atoms with Crippen LogP contribution in [0, 0.1) is 0 Å². The van der Waals surface area contributed by atoms with E-state index >= 15 is 0 Å². The first-order chi connectivity index (χ1) is 28.0. The fourth-order valence-corrected chi connectivity index (χ4v) is 5.45. The zero-order valence-electron chi connectivity index (χ0n) is 36.3. The van der Waals surface area contributed by atoms with E-state index in [9.17, 15) is 14.4 Å².